The third-order valence-electron chi connectivity index (χ3n) is 5.88. The normalized spacial score (nSPS) is 16.0. The summed E-state index contributed by atoms with van der Waals surface area (Å²) in [5.74, 6) is -0.220. The molecule has 0 radical (unpaired) electrons. The lowest BCUT2D eigenvalue weighted by Crippen LogP contribution is -2.48. The fourth-order valence-electron chi connectivity index (χ4n) is 3.88. The van der Waals surface area contributed by atoms with E-state index >= 15 is 0 Å². The summed E-state index contributed by atoms with van der Waals surface area (Å²) in [6.45, 7) is 5.96. The first-order valence-electron chi connectivity index (χ1n) is 10.5. The molecule has 8 heteroatoms. The van der Waals surface area contributed by atoms with Gasteiger partial charge in [-0.3, -0.25) is 19.8 Å². The van der Waals surface area contributed by atoms with Gasteiger partial charge in [-0.05, 0) is 43.8 Å². The summed E-state index contributed by atoms with van der Waals surface area (Å²) < 4.78 is 0. The molecule has 1 amide bonds. The standard InChI is InChI=1S/C23H31N5O3/c1-17-15-19(7-10-21(17)28(30)31)23(29)24-16-22(27-13-11-26(4)12-14-27)18-5-8-20(9-6-18)25(2)3/h5-10,15,22H,11-14,16H2,1-4H3,(H,24,29)/t22-/m1/s1. The monoisotopic (exact) mass is 425 g/mol. The second-order valence-corrected chi connectivity index (χ2v) is 8.31. The van der Waals surface area contributed by atoms with Crippen molar-refractivity contribution >= 4 is 17.3 Å². The maximum Gasteiger partial charge on any atom is 0.272 e. The van der Waals surface area contributed by atoms with Crippen molar-refractivity contribution in [1.82, 2.24) is 15.1 Å². The van der Waals surface area contributed by atoms with Gasteiger partial charge in [0.25, 0.3) is 11.6 Å². The molecule has 0 saturated carbocycles. The van der Waals surface area contributed by atoms with Crippen LogP contribution in [0.5, 0.6) is 0 Å². The molecule has 0 unspecified atom stereocenters. The van der Waals surface area contributed by atoms with E-state index < -0.39 is 4.92 Å². The molecule has 2 aromatic rings. The number of benzene rings is 2. The lowest BCUT2D eigenvalue weighted by atomic mass is 10.0. The summed E-state index contributed by atoms with van der Waals surface area (Å²) >= 11 is 0. The Morgan fingerprint density at radius 2 is 1.77 bits per heavy atom. The molecule has 0 aliphatic carbocycles. The SMILES string of the molecule is Cc1cc(C(=O)NC[C@H](c2ccc(N(C)C)cc2)N2CCN(C)CC2)ccc1[N+](=O)[O-]. The van der Waals surface area contributed by atoms with Crippen LogP contribution in [-0.4, -0.2) is 74.5 Å². The number of anilines is 1. The number of amides is 1. The van der Waals surface area contributed by atoms with Gasteiger partial charge in [-0.15, -0.1) is 0 Å². The van der Waals surface area contributed by atoms with Crippen molar-refractivity contribution in [2.75, 3.05) is 58.8 Å². The van der Waals surface area contributed by atoms with Gasteiger partial charge in [-0.1, -0.05) is 12.1 Å². The number of hydrogen-bond acceptors (Lipinski definition) is 6. The molecule has 1 aliphatic heterocycles. The number of carbonyl (C=O) groups excluding carboxylic acids is 1. The predicted octanol–water partition coefficient (Wildman–Crippen LogP) is 2.69. The zero-order chi connectivity index (χ0) is 22.5. The van der Waals surface area contributed by atoms with E-state index in [-0.39, 0.29) is 17.6 Å². The minimum absolute atomic E-state index is 0.0212. The van der Waals surface area contributed by atoms with Crippen LogP contribution in [0.4, 0.5) is 11.4 Å². The Morgan fingerprint density at radius 1 is 1.13 bits per heavy atom. The molecule has 8 nitrogen and oxygen atoms in total. The van der Waals surface area contributed by atoms with Crippen LogP contribution in [0.2, 0.25) is 0 Å². The molecule has 166 valence electrons. The summed E-state index contributed by atoms with van der Waals surface area (Å²) in [5, 5.41) is 14.1. The van der Waals surface area contributed by atoms with Crippen LogP contribution in [0, 0.1) is 17.0 Å². The van der Waals surface area contributed by atoms with E-state index in [1.165, 1.54) is 12.1 Å². The summed E-state index contributed by atoms with van der Waals surface area (Å²) in [4.78, 5) is 30.2. The van der Waals surface area contributed by atoms with Gasteiger partial charge in [0.15, 0.2) is 0 Å². The summed E-state index contributed by atoms with van der Waals surface area (Å²) in [5.41, 5.74) is 3.23. The maximum absolute atomic E-state index is 12.8. The molecule has 2 aromatic carbocycles. The number of rotatable bonds is 7. The fraction of sp³-hybridized carbons (Fsp3) is 0.435. The summed E-state index contributed by atoms with van der Waals surface area (Å²) in [6.07, 6.45) is 0. The van der Waals surface area contributed by atoms with Gasteiger partial charge in [0.1, 0.15) is 0 Å². The molecule has 1 atom stereocenters. The number of likely N-dealkylation sites (N-methyl/N-ethyl adjacent to an activating group) is 1. The predicted molar refractivity (Wildman–Crippen MR) is 123 cm³/mol. The van der Waals surface area contributed by atoms with Crippen molar-refractivity contribution < 1.29 is 9.72 Å². The number of piperazine rings is 1. The molecule has 1 saturated heterocycles. The molecule has 31 heavy (non-hydrogen) atoms. The molecule has 1 heterocycles. The quantitative estimate of drug-likeness (QED) is 0.543. The van der Waals surface area contributed by atoms with Gasteiger partial charge >= 0.3 is 0 Å². The van der Waals surface area contributed by atoms with Crippen molar-refractivity contribution in [2.45, 2.75) is 13.0 Å². The second-order valence-electron chi connectivity index (χ2n) is 8.31. The van der Waals surface area contributed by atoms with E-state index in [1.54, 1.807) is 13.0 Å². The number of nitro groups is 1. The Balaban J connectivity index is 1.76. The molecule has 1 N–H and O–H groups in total. The lowest BCUT2D eigenvalue weighted by molar-refractivity contribution is -0.385. The molecular formula is C23H31N5O3. The first-order chi connectivity index (χ1) is 14.8. The highest BCUT2D eigenvalue weighted by molar-refractivity contribution is 5.94. The van der Waals surface area contributed by atoms with E-state index in [0.717, 1.165) is 37.4 Å². The van der Waals surface area contributed by atoms with Crippen molar-refractivity contribution in [2.24, 2.45) is 0 Å². The van der Waals surface area contributed by atoms with Crippen molar-refractivity contribution in [3.05, 3.63) is 69.3 Å². The first kappa shape index (κ1) is 22.7. The molecular weight excluding hydrogens is 394 g/mol. The van der Waals surface area contributed by atoms with Crippen LogP contribution in [0.1, 0.15) is 27.5 Å². The molecule has 0 spiro atoms. The van der Waals surface area contributed by atoms with Gasteiger partial charge in [-0.2, -0.15) is 0 Å². The Kier molecular flexibility index (Phi) is 7.25. The van der Waals surface area contributed by atoms with Crippen LogP contribution < -0.4 is 10.2 Å². The zero-order valence-corrected chi connectivity index (χ0v) is 18.7. The number of nitro benzene ring substituents is 1. The van der Waals surface area contributed by atoms with Crippen LogP contribution in [0.15, 0.2) is 42.5 Å². The van der Waals surface area contributed by atoms with Gasteiger partial charge in [0, 0.05) is 69.7 Å². The Bertz CT molecular complexity index is 921. The molecule has 0 bridgehead atoms. The number of carbonyl (C=O) groups is 1. The number of nitrogens with zero attached hydrogens (tertiary/aromatic N) is 4. The summed E-state index contributed by atoms with van der Waals surface area (Å²) in [7, 11) is 6.15. The van der Waals surface area contributed by atoms with Crippen molar-refractivity contribution in [1.29, 1.82) is 0 Å². The van der Waals surface area contributed by atoms with E-state index in [0.29, 0.717) is 17.7 Å². The Labute approximate surface area is 183 Å². The van der Waals surface area contributed by atoms with E-state index in [2.05, 4.69) is 51.3 Å². The van der Waals surface area contributed by atoms with Crippen molar-refractivity contribution in [3.8, 4) is 0 Å². The van der Waals surface area contributed by atoms with Crippen LogP contribution in [0.3, 0.4) is 0 Å². The van der Waals surface area contributed by atoms with Crippen LogP contribution in [0.25, 0.3) is 0 Å². The third-order valence-corrected chi connectivity index (χ3v) is 5.88. The van der Waals surface area contributed by atoms with Gasteiger partial charge in [0.2, 0.25) is 0 Å². The minimum Gasteiger partial charge on any atom is -0.378 e. The highest BCUT2D eigenvalue weighted by Crippen LogP contribution is 2.24. The number of aryl methyl sites for hydroxylation is 1. The van der Waals surface area contributed by atoms with E-state index in [9.17, 15) is 14.9 Å². The van der Waals surface area contributed by atoms with Gasteiger partial charge in [0.05, 0.1) is 11.0 Å². The smallest absolute Gasteiger partial charge is 0.272 e. The minimum atomic E-state index is -0.433. The largest absolute Gasteiger partial charge is 0.378 e. The molecule has 1 aliphatic rings. The van der Waals surface area contributed by atoms with E-state index in [4.69, 9.17) is 0 Å². The highest BCUT2D eigenvalue weighted by Gasteiger charge is 2.25. The number of nitrogens with one attached hydrogen (secondary N) is 1. The van der Waals surface area contributed by atoms with Crippen LogP contribution >= 0.6 is 0 Å². The first-order valence-corrected chi connectivity index (χ1v) is 10.5. The van der Waals surface area contributed by atoms with Gasteiger partial charge in [-0.25, -0.2) is 0 Å². The molecule has 0 aromatic heterocycles. The van der Waals surface area contributed by atoms with E-state index in [1.807, 2.05) is 14.1 Å². The molecule has 1 fully saturated rings. The summed E-state index contributed by atoms with van der Waals surface area (Å²) in [6, 6.07) is 13.0. The Hall–Kier alpha value is -2.97. The topological polar surface area (TPSA) is 82.0 Å². The average Bonchev–Trinajstić information content (AvgIpc) is 2.75. The van der Waals surface area contributed by atoms with Gasteiger partial charge < -0.3 is 15.1 Å². The zero-order valence-electron chi connectivity index (χ0n) is 18.7. The Morgan fingerprint density at radius 3 is 2.32 bits per heavy atom. The van der Waals surface area contributed by atoms with Crippen molar-refractivity contribution in [3.63, 3.8) is 0 Å². The second kappa shape index (κ2) is 9.89. The third kappa shape index (κ3) is 5.59. The molecule has 3 rings (SSSR count). The number of hydrogen-bond donors (Lipinski definition) is 1. The fourth-order valence-corrected chi connectivity index (χ4v) is 3.88. The highest BCUT2D eigenvalue weighted by atomic mass is 16.6. The maximum atomic E-state index is 12.8. The lowest BCUT2D eigenvalue weighted by Gasteiger charge is -2.38. The average molecular weight is 426 g/mol. The van der Waals surface area contributed by atoms with Crippen LogP contribution in [-0.2, 0) is 0 Å².